The van der Waals surface area contributed by atoms with Crippen molar-refractivity contribution in [3.05, 3.63) is 26.5 Å². The number of nitrogens with two attached hydrogens (primary N) is 1. The zero-order chi connectivity index (χ0) is 12.3. The molecule has 1 amide bonds. The fourth-order valence-corrected chi connectivity index (χ4v) is 2.33. The highest BCUT2D eigenvalue weighted by Gasteiger charge is 2.25. The average molecular weight is 355 g/mol. The summed E-state index contributed by atoms with van der Waals surface area (Å²) in [4.78, 5) is 14.7. The topological polar surface area (TPSA) is 65.2 Å². The minimum Gasteiger partial charge on any atom is -0.443 e. The number of hydrogen-bond donors (Lipinski definition) is 1. The average Bonchev–Trinajstić information content (AvgIpc) is 2.09. The number of amides is 1. The lowest BCUT2D eigenvalue weighted by Gasteiger charge is -2.24. The Morgan fingerprint density at radius 3 is 2.81 bits per heavy atom. The molecule has 6 heteroatoms. The van der Waals surface area contributed by atoms with Gasteiger partial charge in [-0.05, 0) is 42.5 Å². The van der Waals surface area contributed by atoms with Crippen LogP contribution in [0.3, 0.4) is 0 Å². The van der Waals surface area contributed by atoms with Crippen molar-refractivity contribution in [1.82, 2.24) is 4.98 Å². The minimum absolute atomic E-state index is 0.424. The third kappa shape index (κ3) is 3.79. The van der Waals surface area contributed by atoms with Gasteiger partial charge in [0.1, 0.15) is 10.8 Å². The molecule has 1 aromatic heterocycles. The lowest BCUT2D eigenvalue weighted by molar-refractivity contribution is 0.0458. The summed E-state index contributed by atoms with van der Waals surface area (Å²) in [6.45, 7) is 3.55. The number of halogens is 2. The molecule has 0 saturated heterocycles. The molecule has 1 heterocycles. The molecule has 1 rings (SSSR count). The number of rotatable bonds is 3. The molecular formula is C10H12ClIN2O2. The monoisotopic (exact) mass is 354 g/mol. The van der Waals surface area contributed by atoms with Gasteiger partial charge in [-0.15, -0.1) is 0 Å². The second kappa shape index (κ2) is 5.18. The summed E-state index contributed by atoms with van der Waals surface area (Å²) in [7, 11) is 0. The summed E-state index contributed by atoms with van der Waals surface area (Å²) in [6, 6.07) is 1.85. The quantitative estimate of drug-likeness (QED) is 0.670. The van der Waals surface area contributed by atoms with E-state index < -0.39 is 11.7 Å². The zero-order valence-electron chi connectivity index (χ0n) is 8.96. The van der Waals surface area contributed by atoms with Crippen molar-refractivity contribution in [1.29, 1.82) is 0 Å². The van der Waals surface area contributed by atoms with Crippen LogP contribution in [-0.2, 0) is 11.2 Å². The van der Waals surface area contributed by atoms with E-state index in [4.69, 9.17) is 22.1 Å². The van der Waals surface area contributed by atoms with E-state index in [1.165, 1.54) is 0 Å². The maximum atomic E-state index is 10.7. The molecular weight excluding hydrogens is 342 g/mol. The summed E-state index contributed by atoms with van der Waals surface area (Å²) >= 11 is 8.15. The molecule has 1 aromatic rings. The standard InChI is InChI=1S/C10H12ClIN2O2/c1-10(2,16-9(13)15)5-6-7(12)3-4-14-8(6)11/h3-4H,5H2,1-2H3,(H2,13,15). The third-order valence-electron chi connectivity index (χ3n) is 1.93. The van der Waals surface area contributed by atoms with E-state index in [-0.39, 0.29) is 0 Å². The molecule has 0 aliphatic rings. The van der Waals surface area contributed by atoms with E-state index in [0.717, 1.165) is 9.13 Å². The van der Waals surface area contributed by atoms with Gasteiger partial charge in [0.2, 0.25) is 0 Å². The third-order valence-corrected chi connectivity index (χ3v) is 3.26. The van der Waals surface area contributed by atoms with Crippen molar-refractivity contribution in [2.24, 2.45) is 5.73 Å². The van der Waals surface area contributed by atoms with Gasteiger partial charge in [-0.1, -0.05) is 11.6 Å². The second-order valence-electron chi connectivity index (χ2n) is 3.92. The van der Waals surface area contributed by atoms with Gasteiger partial charge in [0.05, 0.1) is 0 Å². The smallest absolute Gasteiger partial charge is 0.405 e. The number of nitrogens with zero attached hydrogens (tertiary/aromatic N) is 1. The van der Waals surface area contributed by atoms with Gasteiger partial charge in [0.15, 0.2) is 0 Å². The first-order valence-corrected chi connectivity index (χ1v) is 6.05. The Balaban J connectivity index is 2.91. The SMILES string of the molecule is CC(C)(Cc1c(I)ccnc1Cl)OC(N)=O. The minimum atomic E-state index is -0.792. The van der Waals surface area contributed by atoms with E-state index in [1.54, 1.807) is 20.0 Å². The Morgan fingerprint density at radius 1 is 1.69 bits per heavy atom. The lowest BCUT2D eigenvalue weighted by atomic mass is 10.00. The molecule has 0 saturated carbocycles. The van der Waals surface area contributed by atoms with E-state index >= 15 is 0 Å². The molecule has 16 heavy (non-hydrogen) atoms. The van der Waals surface area contributed by atoms with E-state index in [2.05, 4.69) is 27.6 Å². The summed E-state index contributed by atoms with van der Waals surface area (Å²) in [5.41, 5.74) is 5.16. The van der Waals surface area contributed by atoms with Crippen LogP contribution < -0.4 is 5.73 Å². The molecule has 88 valence electrons. The molecule has 0 aromatic carbocycles. The molecule has 0 spiro atoms. The van der Waals surface area contributed by atoms with Crippen LogP contribution in [0.2, 0.25) is 5.15 Å². The highest BCUT2D eigenvalue weighted by molar-refractivity contribution is 14.1. The Kier molecular flexibility index (Phi) is 4.37. The largest absolute Gasteiger partial charge is 0.443 e. The maximum Gasteiger partial charge on any atom is 0.405 e. The number of aromatic nitrogens is 1. The van der Waals surface area contributed by atoms with Gasteiger partial charge in [-0.25, -0.2) is 9.78 Å². The van der Waals surface area contributed by atoms with Crippen LogP contribution in [0, 0.1) is 3.57 Å². The number of carbonyl (C=O) groups is 1. The first kappa shape index (κ1) is 13.5. The van der Waals surface area contributed by atoms with Crippen LogP contribution in [0.15, 0.2) is 12.3 Å². The molecule has 0 radical (unpaired) electrons. The van der Waals surface area contributed by atoms with Crippen molar-refractivity contribution in [3.8, 4) is 0 Å². The predicted molar refractivity (Wildman–Crippen MR) is 70.4 cm³/mol. The molecule has 0 unspecified atom stereocenters. The normalized spacial score (nSPS) is 11.2. The van der Waals surface area contributed by atoms with Gasteiger partial charge < -0.3 is 10.5 Å². The fraction of sp³-hybridized carbons (Fsp3) is 0.400. The highest BCUT2D eigenvalue weighted by Crippen LogP contribution is 2.25. The highest BCUT2D eigenvalue weighted by atomic mass is 127. The van der Waals surface area contributed by atoms with Crippen molar-refractivity contribution < 1.29 is 9.53 Å². The van der Waals surface area contributed by atoms with Crippen LogP contribution in [0.25, 0.3) is 0 Å². The summed E-state index contributed by atoms with van der Waals surface area (Å²) < 4.78 is 5.99. The molecule has 4 nitrogen and oxygen atoms in total. The number of pyridine rings is 1. The second-order valence-corrected chi connectivity index (χ2v) is 5.44. The molecule has 0 fully saturated rings. The van der Waals surface area contributed by atoms with Gasteiger partial charge in [-0.2, -0.15) is 0 Å². The number of ether oxygens (including phenoxy) is 1. The van der Waals surface area contributed by atoms with Gasteiger partial charge in [-0.3, -0.25) is 0 Å². The lowest BCUT2D eigenvalue weighted by Crippen LogP contribution is -2.33. The Bertz CT molecular complexity index is 390. The summed E-state index contributed by atoms with van der Waals surface area (Å²) in [6.07, 6.45) is 1.32. The number of hydrogen-bond acceptors (Lipinski definition) is 3. The number of carbonyl (C=O) groups excluding carboxylic acids is 1. The molecule has 0 bridgehead atoms. The van der Waals surface area contributed by atoms with E-state index in [9.17, 15) is 4.79 Å². The summed E-state index contributed by atoms with van der Waals surface area (Å²) in [5, 5.41) is 0.424. The van der Waals surface area contributed by atoms with Gasteiger partial charge in [0, 0.05) is 21.8 Å². The maximum absolute atomic E-state index is 10.7. The van der Waals surface area contributed by atoms with Crippen molar-refractivity contribution >= 4 is 40.3 Å². The first-order valence-electron chi connectivity index (χ1n) is 4.59. The molecule has 0 atom stereocenters. The molecule has 2 N–H and O–H groups in total. The Labute approximate surface area is 113 Å². The van der Waals surface area contributed by atoms with Crippen LogP contribution in [-0.4, -0.2) is 16.7 Å². The molecule has 0 aliphatic carbocycles. The van der Waals surface area contributed by atoms with Crippen LogP contribution in [0.5, 0.6) is 0 Å². The Morgan fingerprint density at radius 2 is 2.31 bits per heavy atom. The van der Waals surface area contributed by atoms with Crippen molar-refractivity contribution in [2.75, 3.05) is 0 Å². The van der Waals surface area contributed by atoms with Gasteiger partial charge >= 0.3 is 6.09 Å². The predicted octanol–water partition coefficient (Wildman–Crippen LogP) is 2.76. The number of primary amides is 1. The van der Waals surface area contributed by atoms with Crippen molar-refractivity contribution in [3.63, 3.8) is 0 Å². The van der Waals surface area contributed by atoms with Crippen LogP contribution in [0.1, 0.15) is 19.4 Å². The van der Waals surface area contributed by atoms with Gasteiger partial charge in [0.25, 0.3) is 0 Å². The van der Waals surface area contributed by atoms with Crippen molar-refractivity contribution in [2.45, 2.75) is 25.9 Å². The zero-order valence-corrected chi connectivity index (χ0v) is 11.9. The Hall–Kier alpha value is -0.560. The van der Waals surface area contributed by atoms with E-state index in [0.29, 0.717) is 11.6 Å². The fourth-order valence-electron chi connectivity index (χ4n) is 1.34. The van der Waals surface area contributed by atoms with E-state index in [1.807, 2.05) is 6.07 Å². The van der Waals surface area contributed by atoms with Crippen LogP contribution in [0.4, 0.5) is 4.79 Å². The van der Waals surface area contributed by atoms with Crippen LogP contribution >= 0.6 is 34.2 Å². The molecule has 0 aliphatic heterocycles. The first-order chi connectivity index (χ1) is 7.32. The summed E-state index contributed by atoms with van der Waals surface area (Å²) in [5.74, 6) is 0.